The first-order valence-electron chi connectivity index (χ1n) is 10.5. The van der Waals surface area contributed by atoms with E-state index < -0.39 is 23.6 Å². The molecule has 186 valence electrons. The summed E-state index contributed by atoms with van der Waals surface area (Å²) in [4.78, 5) is 33.6. The van der Waals surface area contributed by atoms with Gasteiger partial charge < -0.3 is 14.6 Å². The summed E-state index contributed by atoms with van der Waals surface area (Å²) < 4.78 is 10.1. The Hall–Kier alpha value is -1.38. The Bertz CT molecular complexity index is 539. The Labute approximate surface area is 194 Å². The molecule has 0 aromatic rings. The molecular formula is C22H45ClN2O6. The fourth-order valence-electron chi connectivity index (χ4n) is 2.34. The maximum Gasteiger partial charge on any atom is 0.323 e. The second kappa shape index (κ2) is 15.4. The van der Waals surface area contributed by atoms with Crippen LogP contribution in [-0.4, -0.2) is 59.4 Å². The average Bonchev–Trinajstić information content (AvgIpc) is 2.50. The van der Waals surface area contributed by atoms with Gasteiger partial charge in [-0.1, -0.05) is 27.7 Å². The van der Waals surface area contributed by atoms with Gasteiger partial charge in [-0.15, -0.1) is 12.4 Å². The van der Waals surface area contributed by atoms with E-state index in [1.54, 1.807) is 20.8 Å². The highest BCUT2D eigenvalue weighted by Crippen LogP contribution is 2.14. The number of hydrogen-bond acceptors (Lipinski definition) is 7. The van der Waals surface area contributed by atoms with Gasteiger partial charge in [-0.3, -0.25) is 25.0 Å². The lowest BCUT2D eigenvalue weighted by atomic mass is 9.99. The predicted molar refractivity (Wildman–Crippen MR) is 126 cm³/mol. The third kappa shape index (κ3) is 19.1. The Morgan fingerprint density at radius 2 is 1.35 bits per heavy atom. The van der Waals surface area contributed by atoms with Gasteiger partial charge >= 0.3 is 17.9 Å². The molecule has 0 bridgehead atoms. The van der Waals surface area contributed by atoms with E-state index >= 15 is 0 Å². The van der Waals surface area contributed by atoms with Crippen LogP contribution in [0.15, 0.2) is 0 Å². The molecule has 0 aliphatic heterocycles. The minimum absolute atomic E-state index is 0. The van der Waals surface area contributed by atoms with Gasteiger partial charge in [-0.2, -0.15) is 0 Å². The van der Waals surface area contributed by atoms with Gasteiger partial charge in [0.15, 0.2) is 0 Å². The molecule has 0 radical (unpaired) electrons. The lowest BCUT2D eigenvalue weighted by Gasteiger charge is -2.32. The molecule has 0 amide bonds. The van der Waals surface area contributed by atoms with Crippen molar-refractivity contribution in [2.24, 2.45) is 11.8 Å². The first-order chi connectivity index (χ1) is 13.4. The normalized spacial score (nSPS) is 13.5. The summed E-state index contributed by atoms with van der Waals surface area (Å²) in [5, 5.41) is 14.7. The molecule has 0 saturated carbocycles. The Kier molecular flexibility index (Phi) is 17.0. The molecule has 9 heteroatoms. The summed E-state index contributed by atoms with van der Waals surface area (Å²) in [5.74, 6) is -1.41. The van der Waals surface area contributed by atoms with Gasteiger partial charge in [0, 0.05) is 5.54 Å². The predicted octanol–water partition coefficient (Wildman–Crippen LogP) is 3.41. The fraction of sp³-hybridized carbons (Fsp3) is 0.864. The number of carbonyl (C=O) groups is 3. The largest absolute Gasteiger partial charge is 0.480 e. The molecule has 0 aliphatic carbocycles. The summed E-state index contributed by atoms with van der Waals surface area (Å²) in [6.07, 6.45) is 0. The average molecular weight is 469 g/mol. The van der Waals surface area contributed by atoms with E-state index in [0.29, 0.717) is 6.61 Å². The molecule has 0 unspecified atom stereocenters. The van der Waals surface area contributed by atoms with Crippen LogP contribution in [0.2, 0.25) is 0 Å². The number of carboxylic acids is 1. The third-order valence-corrected chi connectivity index (χ3v) is 3.62. The SMILES string of the molecule is CC(C)[C@H](NC(C)(C)C)C(=O)OC(C)(C)C.CCOC(=O)CN[C@H](C(=O)O)C(C)C.Cl. The number of ether oxygens (including phenoxy) is 2. The maximum atomic E-state index is 12.0. The number of aliphatic carboxylic acids is 1. The van der Waals surface area contributed by atoms with Crippen LogP contribution in [0.3, 0.4) is 0 Å². The number of carbonyl (C=O) groups excluding carboxylic acids is 2. The van der Waals surface area contributed by atoms with Crippen molar-refractivity contribution in [2.75, 3.05) is 13.2 Å². The molecule has 2 atom stereocenters. The van der Waals surface area contributed by atoms with Crippen LogP contribution in [0.1, 0.15) is 76.2 Å². The molecule has 0 aliphatic rings. The van der Waals surface area contributed by atoms with Crippen molar-refractivity contribution < 1.29 is 29.0 Å². The van der Waals surface area contributed by atoms with E-state index in [4.69, 9.17) is 9.84 Å². The van der Waals surface area contributed by atoms with Crippen LogP contribution in [0.25, 0.3) is 0 Å². The van der Waals surface area contributed by atoms with Gasteiger partial charge in [0.25, 0.3) is 0 Å². The Morgan fingerprint density at radius 1 is 0.903 bits per heavy atom. The number of rotatable bonds is 9. The van der Waals surface area contributed by atoms with E-state index in [1.807, 2.05) is 55.4 Å². The van der Waals surface area contributed by atoms with Gasteiger partial charge in [-0.05, 0) is 60.3 Å². The molecule has 3 N–H and O–H groups in total. The summed E-state index contributed by atoms with van der Waals surface area (Å²) in [7, 11) is 0. The van der Waals surface area contributed by atoms with Crippen LogP contribution in [0.4, 0.5) is 0 Å². The Balaban J connectivity index is -0.000000494. The maximum absolute atomic E-state index is 12.0. The van der Waals surface area contributed by atoms with Crippen molar-refractivity contribution >= 4 is 30.3 Å². The van der Waals surface area contributed by atoms with Gasteiger partial charge in [0.1, 0.15) is 17.7 Å². The van der Waals surface area contributed by atoms with E-state index in [0.717, 1.165) is 0 Å². The van der Waals surface area contributed by atoms with Gasteiger partial charge in [-0.25, -0.2) is 0 Å². The monoisotopic (exact) mass is 468 g/mol. The molecule has 0 rings (SSSR count). The second-order valence-electron chi connectivity index (χ2n) is 9.90. The van der Waals surface area contributed by atoms with Crippen molar-refractivity contribution in [1.82, 2.24) is 10.6 Å². The highest BCUT2D eigenvalue weighted by Gasteiger charge is 2.30. The van der Waals surface area contributed by atoms with Crippen LogP contribution in [0, 0.1) is 11.8 Å². The first kappa shape index (κ1) is 34.2. The minimum Gasteiger partial charge on any atom is -0.480 e. The standard InChI is InChI=1S/C13H27NO2.C9H17NO4.ClH/c1-9(2)10(14-12(3,4)5)11(15)16-13(6,7)8;1-4-14-7(11)5-10-8(6(2)3)9(12)13;/h9-10,14H,1-8H3;6,8,10H,4-5H2,1-3H3,(H,12,13);1H/t10-;8-;/m00./s1. The van der Waals surface area contributed by atoms with Crippen LogP contribution in [-0.2, 0) is 23.9 Å². The van der Waals surface area contributed by atoms with Crippen molar-refractivity contribution in [2.45, 2.75) is 99.4 Å². The number of halogens is 1. The molecule has 0 fully saturated rings. The van der Waals surface area contributed by atoms with Crippen molar-refractivity contribution in [1.29, 1.82) is 0 Å². The summed E-state index contributed by atoms with van der Waals surface area (Å²) in [6.45, 7) is 21.3. The van der Waals surface area contributed by atoms with E-state index in [1.165, 1.54) is 0 Å². The van der Waals surface area contributed by atoms with Gasteiger partial charge in [0.05, 0.1) is 13.2 Å². The summed E-state index contributed by atoms with van der Waals surface area (Å²) in [6, 6.07) is -0.960. The van der Waals surface area contributed by atoms with Crippen LogP contribution < -0.4 is 10.6 Å². The molecular weight excluding hydrogens is 424 g/mol. The molecule has 0 saturated heterocycles. The zero-order valence-electron chi connectivity index (χ0n) is 21.1. The Morgan fingerprint density at radius 3 is 1.65 bits per heavy atom. The zero-order valence-corrected chi connectivity index (χ0v) is 21.9. The van der Waals surface area contributed by atoms with E-state index in [-0.39, 0.29) is 48.3 Å². The fourth-order valence-corrected chi connectivity index (χ4v) is 2.34. The van der Waals surface area contributed by atoms with Crippen molar-refractivity contribution in [3.05, 3.63) is 0 Å². The van der Waals surface area contributed by atoms with Crippen molar-refractivity contribution in [3.8, 4) is 0 Å². The molecule has 8 nitrogen and oxygen atoms in total. The van der Waals surface area contributed by atoms with E-state index in [9.17, 15) is 14.4 Å². The topological polar surface area (TPSA) is 114 Å². The van der Waals surface area contributed by atoms with Crippen molar-refractivity contribution in [3.63, 3.8) is 0 Å². The quantitative estimate of drug-likeness (QED) is 0.441. The number of esters is 2. The molecule has 0 spiro atoms. The smallest absolute Gasteiger partial charge is 0.323 e. The van der Waals surface area contributed by atoms with E-state index in [2.05, 4.69) is 15.4 Å². The number of hydrogen-bond donors (Lipinski definition) is 3. The highest BCUT2D eigenvalue weighted by molar-refractivity contribution is 5.85. The minimum atomic E-state index is -0.954. The summed E-state index contributed by atoms with van der Waals surface area (Å²) in [5.41, 5.74) is -0.518. The zero-order chi connectivity index (χ0) is 24.3. The molecule has 31 heavy (non-hydrogen) atoms. The lowest BCUT2D eigenvalue weighted by molar-refractivity contribution is -0.159. The highest BCUT2D eigenvalue weighted by atomic mass is 35.5. The first-order valence-corrected chi connectivity index (χ1v) is 10.5. The molecule has 0 aromatic heterocycles. The van der Waals surface area contributed by atoms with Crippen LogP contribution >= 0.6 is 12.4 Å². The molecule has 0 aromatic carbocycles. The number of nitrogens with one attached hydrogen (secondary N) is 2. The van der Waals surface area contributed by atoms with Gasteiger partial charge in [0.2, 0.25) is 0 Å². The third-order valence-electron chi connectivity index (χ3n) is 3.62. The molecule has 0 heterocycles. The number of carboxylic acid groups (broad SMARTS) is 1. The second-order valence-corrected chi connectivity index (χ2v) is 9.90. The summed E-state index contributed by atoms with van der Waals surface area (Å²) >= 11 is 0. The van der Waals surface area contributed by atoms with Crippen LogP contribution in [0.5, 0.6) is 0 Å². The lowest BCUT2D eigenvalue weighted by Crippen LogP contribution is -2.52.